The molecule has 88 valence electrons. The molecule has 0 aromatic carbocycles. The lowest BCUT2D eigenvalue weighted by Crippen LogP contribution is -2.48. The number of hydrogen-bond donors (Lipinski definition) is 3. The first kappa shape index (κ1) is 12.2. The normalized spacial score (nSPS) is 21.0. The Morgan fingerprint density at radius 1 is 1.69 bits per heavy atom. The Bertz CT molecular complexity index is 327. The number of carboxylic acids is 1. The van der Waals surface area contributed by atoms with Crippen molar-refractivity contribution >= 4 is 17.8 Å². The smallest absolute Gasteiger partial charge is 0.326 e. The summed E-state index contributed by atoms with van der Waals surface area (Å²) in [7, 11) is 0. The molecule has 0 aromatic rings. The van der Waals surface area contributed by atoms with Crippen molar-refractivity contribution < 1.29 is 19.5 Å². The van der Waals surface area contributed by atoms with Gasteiger partial charge in [0.25, 0.3) is 0 Å². The van der Waals surface area contributed by atoms with Crippen LogP contribution in [0.25, 0.3) is 0 Å². The zero-order chi connectivity index (χ0) is 12.1. The van der Waals surface area contributed by atoms with Crippen LogP contribution in [0.4, 0.5) is 0 Å². The van der Waals surface area contributed by atoms with Crippen molar-refractivity contribution in [2.24, 2.45) is 0 Å². The van der Waals surface area contributed by atoms with Gasteiger partial charge in [-0.1, -0.05) is 6.08 Å². The second-order valence-electron chi connectivity index (χ2n) is 3.58. The third-order valence-electron chi connectivity index (χ3n) is 2.33. The van der Waals surface area contributed by atoms with E-state index in [0.29, 0.717) is 12.8 Å². The average molecular weight is 226 g/mol. The van der Waals surface area contributed by atoms with Gasteiger partial charge in [-0.25, -0.2) is 4.79 Å². The molecule has 1 saturated heterocycles. The van der Waals surface area contributed by atoms with Gasteiger partial charge in [0.05, 0.1) is 0 Å². The van der Waals surface area contributed by atoms with Gasteiger partial charge in [-0.05, 0) is 12.8 Å². The molecule has 0 unspecified atom stereocenters. The average Bonchev–Trinajstić information content (AvgIpc) is 2.64. The predicted molar refractivity (Wildman–Crippen MR) is 55.5 cm³/mol. The number of aliphatic carboxylic acids is 1. The van der Waals surface area contributed by atoms with Crippen LogP contribution in [0.1, 0.15) is 19.3 Å². The van der Waals surface area contributed by atoms with Crippen molar-refractivity contribution in [3.05, 3.63) is 12.7 Å². The molecule has 0 aliphatic carbocycles. The minimum absolute atomic E-state index is 0.155. The molecule has 1 fully saturated rings. The van der Waals surface area contributed by atoms with Gasteiger partial charge in [-0.2, -0.15) is 0 Å². The maximum atomic E-state index is 11.6. The highest BCUT2D eigenvalue weighted by Gasteiger charge is 2.29. The number of amides is 2. The van der Waals surface area contributed by atoms with E-state index < -0.39 is 24.0 Å². The Morgan fingerprint density at radius 3 is 2.81 bits per heavy atom. The summed E-state index contributed by atoms with van der Waals surface area (Å²) in [5, 5.41) is 13.6. The first-order valence-electron chi connectivity index (χ1n) is 4.98. The van der Waals surface area contributed by atoms with Crippen LogP contribution in [0.2, 0.25) is 0 Å². The topological polar surface area (TPSA) is 95.5 Å². The number of nitrogens with one attached hydrogen (secondary N) is 2. The van der Waals surface area contributed by atoms with Crippen LogP contribution in [0, 0.1) is 0 Å². The van der Waals surface area contributed by atoms with Crippen LogP contribution in [-0.2, 0) is 14.4 Å². The second kappa shape index (κ2) is 5.29. The molecular formula is C10H14N2O4. The summed E-state index contributed by atoms with van der Waals surface area (Å²) in [6.07, 6.45) is 2.29. The van der Waals surface area contributed by atoms with Gasteiger partial charge in [-0.15, -0.1) is 6.58 Å². The van der Waals surface area contributed by atoms with Crippen molar-refractivity contribution in [2.45, 2.75) is 31.3 Å². The summed E-state index contributed by atoms with van der Waals surface area (Å²) in [6.45, 7) is 3.42. The van der Waals surface area contributed by atoms with Crippen molar-refractivity contribution in [3.63, 3.8) is 0 Å². The quantitative estimate of drug-likeness (QED) is 0.546. The minimum Gasteiger partial charge on any atom is -0.480 e. The van der Waals surface area contributed by atoms with E-state index >= 15 is 0 Å². The summed E-state index contributed by atoms with van der Waals surface area (Å²) in [6, 6.07) is -1.60. The highest BCUT2D eigenvalue weighted by atomic mass is 16.4. The van der Waals surface area contributed by atoms with E-state index in [-0.39, 0.29) is 12.3 Å². The standard InChI is InChI=1S/C10H14N2O4/c1-2-3-7(10(15)16)12-9(14)6-4-5-8(13)11-6/h2,6-7H,1,3-5H2,(H,11,13)(H,12,14)(H,15,16)/t6-,7-/m1/s1. The third-order valence-corrected chi connectivity index (χ3v) is 2.33. The van der Waals surface area contributed by atoms with Crippen molar-refractivity contribution in [2.75, 3.05) is 0 Å². The zero-order valence-electron chi connectivity index (χ0n) is 8.73. The Balaban J connectivity index is 2.51. The predicted octanol–water partition coefficient (Wildman–Crippen LogP) is -0.589. The molecule has 2 amide bonds. The van der Waals surface area contributed by atoms with E-state index in [2.05, 4.69) is 17.2 Å². The zero-order valence-corrected chi connectivity index (χ0v) is 8.73. The summed E-state index contributed by atoms with van der Waals surface area (Å²) in [5.74, 6) is -1.76. The molecule has 6 nitrogen and oxygen atoms in total. The number of carbonyl (C=O) groups is 3. The molecule has 0 saturated carbocycles. The van der Waals surface area contributed by atoms with Crippen molar-refractivity contribution in [1.29, 1.82) is 0 Å². The highest BCUT2D eigenvalue weighted by molar-refractivity contribution is 5.92. The molecule has 1 rings (SSSR count). The first-order valence-corrected chi connectivity index (χ1v) is 4.98. The van der Waals surface area contributed by atoms with E-state index in [0.717, 1.165) is 0 Å². The SMILES string of the molecule is C=CC[C@@H](NC(=O)[C@H]1CCC(=O)N1)C(=O)O. The summed E-state index contributed by atoms with van der Waals surface area (Å²) >= 11 is 0. The Labute approximate surface area is 92.7 Å². The largest absolute Gasteiger partial charge is 0.480 e. The van der Waals surface area contributed by atoms with Crippen LogP contribution in [0.15, 0.2) is 12.7 Å². The Morgan fingerprint density at radius 2 is 2.38 bits per heavy atom. The fourth-order valence-electron chi connectivity index (χ4n) is 1.47. The summed E-state index contributed by atoms with van der Waals surface area (Å²) in [4.78, 5) is 33.2. The van der Waals surface area contributed by atoms with Gasteiger partial charge >= 0.3 is 5.97 Å². The van der Waals surface area contributed by atoms with Crippen LogP contribution in [0.5, 0.6) is 0 Å². The second-order valence-corrected chi connectivity index (χ2v) is 3.58. The monoisotopic (exact) mass is 226 g/mol. The summed E-state index contributed by atoms with van der Waals surface area (Å²) < 4.78 is 0. The van der Waals surface area contributed by atoms with Gasteiger partial charge in [0.15, 0.2) is 0 Å². The number of carbonyl (C=O) groups excluding carboxylic acids is 2. The maximum absolute atomic E-state index is 11.6. The molecule has 6 heteroatoms. The summed E-state index contributed by atoms with van der Waals surface area (Å²) in [5.41, 5.74) is 0. The lowest BCUT2D eigenvalue weighted by Gasteiger charge is -2.15. The minimum atomic E-state index is -1.11. The van der Waals surface area contributed by atoms with Gasteiger partial charge in [0, 0.05) is 6.42 Å². The molecule has 1 aliphatic heterocycles. The Kier molecular flexibility index (Phi) is 4.04. The van der Waals surface area contributed by atoms with Gasteiger partial charge < -0.3 is 15.7 Å². The van der Waals surface area contributed by atoms with Crippen LogP contribution >= 0.6 is 0 Å². The molecule has 1 heterocycles. The fourth-order valence-corrected chi connectivity index (χ4v) is 1.47. The molecule has 16 heavy (non-hydrogen) atoms. The van der Waals surface area contributed by atoms with Gasteiger partial charge in [0.1, 0.15) is 12.1 Å². The van der Waals surface area contributed by atoms with Crippen molar-refractivity contribution in [3.8, 4) is 0 Å². The molecule has 0 aromatic heterocycles. The number of hydrogen-bond acceptors (Lipinski definition) is 3. The Hall–Kier alpha value is -1.85. The van der Waals surface area contributed by atoms with E-state index in [1.807, 2.05) is 0 Å². The first-order chi connectivity index (χ1) is 7.54. The molecule has 0 radical (unpaired) electrons. The number of carboxylic acid groups (broad SMARTS) is 1. The lowest BCUT2D eigenvalue weighted by molar-refractivity contribution is -0.142. The van der Waals surface area contributed by atoms with E-state index in [9.17, 15) is 14.4 Å². The lowest BCUT2D eigenvalue weighted by atomic mass is 10.1. The van der Waals surface area contributed by atoms with Crippen LogP contribution in [-0.4, -0.2) is 35.0 Å². The third kappa shape index (κ3) is 3.08. The van der Waals surface area contributed by atoms with E-state index in [4.69, 9.17) is 5.11 Å². The molecule has 1 aliphatic rings. The van der Waals surface area contributed by atoms with Crippen LogP contribution in [0.3, 0.4) is 0 Å². The molecule has 2 atom stereocenters. The molecule has 0 spiro atoms. The number of rotatable bonds is 5. The highest BCUT2D eigenvalue weighted by Crippen LogP contribution is 2.07. The molecular weight excluding hydrogens is 212 g/mol. The van der Waals surface area contributed by atoms with Gasteiger partial charge in [0.2, 0.25) is 11.8 Å². The maximum Gasteiger partial charge on any atom is 0.326 e. The van der Waals surface area contributed by atoms with E-state index in [1.54, 1.807) is 0 Å². The molecule has 0 bridgehead atoms. The van der Waals surface area contributed by atoms with Gasteiger partial charge in [-0.3, -0.25) is 9.59 Å². The van der Waals surface area contributed by atoms with E-state index in [1.165, 1.54) is 6.08 Å². The fraction of sp³-hybridized carbons (Fsp3) is 0.500. The molecule has 3 N–H and O–H groups in total. The van der Waals surface area contributed by atoms with Crippen molar-refractivity contribution in [1.82, 2.24) is 10.6 Å². The van der Waals surface area contributed by atoms with Crippen LogP contribution < -0.4 is 10.6 Å².